The molecule has 2 heterocycles. The number of carbonyl (C=O) groups is 1. The molecule has 0 fully saturated rings. The van der Waals surface area contributed by atoms with Gasteiger partial charge in [-0.2, -0.15) is 4.98 Å². The van der Waals surface area contributed by atoms with E-state index in [0.717, 1.165) is 23.3 Å². The zero-order chi connectivity index (χ0) is 29.6. The zero-order valence-corrected chi connectivity index (χ0v) is 24.6. The maximum Gasteiger partial charge on any atom is 0.343 e. The number of hydrogen-bond donors (Lipinski definition) is 2. The van der Waals surface area contributed by atoms with Crippen molar-refractivity contribution >= 4 is 29.2 Å². The number of carbonyl (C=O) groups excluding carboxylic acids is 1. The zero-order valence-electron chi connectivity index (χ0n) is 24.6. The van der Waals surface area contributed by atoms with E-state index in [1.807, 2.05) is 54.6 Å². The van der Waals surface area contributed by atoms with Crippen molar-refractivity contribution in [2.24, 2.45) is 0 Å². The second-order valence-electron chi connectivity index (χ2n) is 9.67. The van der Waals surface area contributed by atoms with Crippen LogP contribution in [0.25, 0.3) is 11.1 Å². The number of pyridine rings is 1. The second-order valence-corrected chi connectivity index (χ2v) is 9.67. The van der Waals surface area contributed by atoms with Crippen LogP contribution in [0.4, 0.5) is 23.3 Å². The van der Waals surface area contributed by atoms with Crippen LogP contribution in [-0.4, -0.2) is 41.2 Å². The molecule has 9 heteroatoms. The number of anilines is 4. The minimum Gasteiger partial charge on any atom is -0.494 e. The van der Waals surface area contributed by atoms with E-state index in [9.17, 15) is 4.79 Å². The number of para-hydroxylation sites is 1. The number of methoxy groups -OCH3 is 1. The lowest BCUT2D eigenvalue weighted by molar-refractivity contribution is 0.0526. The van der Waals surface area contributed by atoms with Crippen molar-refractivity contribution in [3.8, 4) is 22.6 Å². The number of hydrogen-bond acceptors (Lipinski definition) is 9. The molecule has 2 aromatic carbocycles. The van der Waals surface area contributed by atoms with Crippen LogP contribution in [0.3, 0.4) is 0 Å². The Bertz CT molecular complexity index is 1430. The van der Waals surface area contributed by atoms with E-state index in [4.69, 9.17) is 14.2 Å². The molecule has 42 heavy (non-hydrogen) atoms. The number of unbranched alkanes of at least 4 members (excludes halogenated alkanes) is 5. The average molecular weight is 570 g/mol. The Kier molecular flexibility index (Phi) is 11.5. The Labute approximate surface area is 247 Å². The first-order valence-corrected chi connectivity index (χ1v) is 14.5. The number of ether oxygens (including phenoxy) is 3. The third kappa shape index (κ3) is 8.42. The highest BCUT2D eigenvalue weighted by atomic mass is 16.5. The van der Waals surface area contributed by atoms with Crippen molar-refractivity contribution in [2.45, 2.75) is 52.4 Å². The van der Waals surface area contributed by atoms with Crippen molar-refractivity contribution in [3.05, 3.63) is 78.6 Å². The van der Waals surface area contributed by atoms with E-state index in [2.05, 4.69) is 32.5 Å². The number of rotatable bonds is 16. The number of esters is 1. The second kappa shape index (κ2) is 16.0. The summed E-state index contributed by atoms with van der Waals surface area (Å²) in [5.74, 6) is 1.99. The van der Waals surface area contributed by atoms with Crippen LogP contribution < -0.4 is 20.1 Å². The van der Waals surface area contributed by atoms with Crippen LogP contribution in [0.2, 0.25) is 0 Å². The molecule has 0 bridgehead atoms. The van der Waals surface area contributed by atoms with Gasteiger partial charge >= 0.3 is 5.97 Å². The maximum atomic E-state index is 12.8. The highest BCUT2D eigenvalue weighted by Gasteiger charge is 2.19. The van der Waals surface area contributed by atoms with Gasteiger partial charge in [0.15, 0.2) is 5.82 Å². The van der Waals surface area contributed by atoms with E-state index in [-0.39, 0.29) is 23.9 Å². The molecule has 4 aromatic rings. The molecule has 0 aliphatic heterocycles. The van der Waals surface area contributed by atoms with Gasteiger partial charge in [-0.25, -0.2) is 14.8 Å². The van der Waals surface area contributed by atoms with Crippen LogP contribution in [0.15, 0.2) is 73.1 Å². The van der Waals surface area contributed by atoms with Gasteiger partial charge in [0.2, 0.25) is 5.95 Å². The minimum atomic E-state index is -0.533. The SMILES string of the molecule is CCCCCCCCOc1cccc(-c2cccc(Nc3nc(Nc4ccccn4)ncc3C(=O)OCC)c2OC)c1. The summed E-state index contributed by atoms with van der Waals surface area (Å²) >= 11 is 0. The van der Waals surface area contributed by atoms with Crippen molar-refractivity contribution in [3.63, 3.8) is 0 Å². The molecule has 2 aromatic heterocycles. The quantitative estimate of drug-likeness (QED) is 0.103. The molecular weight excluding hydrogens is 530 g/mol. The van der Waals surface area contributed by atoms with Gasteiger partial charge in [-0.05, 0) is 49.2 Å². The Morgan fingerprint density at radius 3 is 2.50 bits per heavy atom. The van der Waals surface area contributed by atoms with E-state index in [1.165, 1.54) is 38.3 Å². The molecule has 220 valence electrons. The molecule has 9 nitrogen and oxygen atoms in total. The summed E-state index contributed by atoms with van der Waals surface area (Å²) < 4.78 is 17.2. The van der Waals surface area contributed by atoms with Gasteiger partial charge in [0, 0.05) is 18.0 Å². The van der Waals surface area contributed by atoms with E-state index < -0.39 is 5.97 Å². The average Bonchev–Trinajstić information content (AvgIpc) is 3.01. The first-order valence-electron chi connectivity index (χ1n) is 14.5. The number of nitrogens with one attached hydrogen (secondary N) is 2. The lowest BCUT2D eigenvalue weighted by atomic mass is 10.0. The van der Waals surface area contributed by atoms with Crippen molar-refractivity contribution < 1.29 is 19.0 Å². The fraction of sp³-hybridized carbons (Fsp3) is 0.333. The summed E-state index contributed by atoms with van der Waals surface area (Å²) in [4.78, 5) is 25.9. The summed E-state index contributed by atoms with van der Waals surface area (Å²) in [6.07, 6.45) is 10.4. The third-order valence-electron chi connectivity index (χ3n) is 6.57. The molecule has 0 saturated carbocycles. The van der Waals surface area contributed by atoms with E-state index in [1.54, 1.807) is 26.3 Å². The fourth-order valence-electron chi connectivity index (χ4n) is 4.48. The van der Waals surface area contributed by atoms with Gasteiger partial charge in [-0.1, -0.05) is 69.4 Å². The van der Waals surface area contributed by atoms with Gasteiger partial charge in [-0.15, -0.1) is 0 Å². The monoisotopic (exact) mass is 569 g/mol. The van der Waals surface area contributed by atoms with Gasteiger partial charge in [0.25, 0.3) is 0 Å². The smallest absolute Gasteiger partial charge is 0.343 e. The van der Waals surface area contributed by atoms with Crippen LogP contribution in [0.1, 0.15) is 62.7 Å². The van der Waals surface area contributed by atoms with Crippen LogP contribution in [0.5, 0.6) is 11.5 Å². The van der Waals surface area contributed by atoms with Gasteiger partial charge in [-0.3, -0.25) is 0 Å². The number of aromatic nitrogens is 3. The predicted octanol–water partition coefficient (Wildman–Crippen LogP) is 7.95. The summed E-state index contributed by atoms with van der Waals surface area (Å²) in [7, 11) is 1.61. The van der Waals surface area contributed by atoms with Crippen molar-refractivity contribution in [2.75, 3.05) is 31.0 Å². The molecular formula is C33H39N5O4. The Balaban J connectivity index is 1.57. The molecule has 0 unspecified atom stereocenters. The molecule has 0 amide bonds. The van der Waals surface area contributed by atoms with E-state index >= 15 is 0 Å². The first kappa shape index (κ1) is 30.3. The van der Waals surface area contributed by atoms with Gasteiger partial charge in [0.1, 0.15) is 22.9 Å². The lowest BCUT2D eigenvalue weighted by Crippen LogP contribution is -2.12. The number of nitrogens with zero attached hydrogens (tertiary/aromatic N) is 3. The topological polar surface area (TPSA) is 107 Å². The predicted molar refractivity (Wildman–Crippen MR) is 166 cm³/mol. The summed E-state index contributed by atoms with van der Waals surface area (Å²) in [5, 5.41) is 6.34. The van der Waals surface area contributed by atoms with Gasteiger partial charge in [0.05, 0.1) is 26.0 Å². The lowest BCUT2D eigenvalue weighted by Gasteiger charge is -2.17. The molecule has 4 rings (SSSR count). The third-order valence-corrected chi connectivity index (χ3v) is 6.57. The standard InChI is InChI=1S/C33H39N5O4/c1-4-6-7-8-9-12-21-42-25-16-13-15-24(22-25)26-17-14-18-28(30(26)40-3)36-31-27(32(39)41-5-2)23-35-33(38-31)37-29-19-10-11-20-34-29/h10-11,13-20,22-23H,4-9,12,21H2,1-3H3,(H2,34,35,36,37,38). The van der Waals surface area contributed by atoms with Crippen LogP contribution in [-0.2, 0) is 4.74 Å². The van der Waals surface area contributed by atoms with Crippen LogP contribution in [0, 0.1) is 0 Å². The number of benzene rings is 2. The van der Waals surface area contributed by atoms with Crippen LogP contribution >= 0.6 is 0 Å². The van der Waals surface area contributed by atoms with Gasteiger partial charge < -0.3 is 24.8 Å². The normalized spacial score (nSPS) is 10.6. The van der Waals surface area contributed by atoms with Crippen molar-refractivity contribution in [1.29, 1.82) is 0 Å². The summed E-state index contributed by atoms with van der Waals surface area (Å²) in [6.45, 7) is 4.89. The Morgan fingerprint density at radius 2 is 1.71 bits per heavy atom. The molecule has 0 aliphatic rings. The molecule has 0 spiro atoms. The summed E-state index contributed by atoms with van der Waals surface area (Å²) in [5.41, 5.74) is 2.63. The Hall–Kier alpha value is -4.66. The first-order chi connectivity index (χ1) is 20.6. The fourth-order valence-corrected chi connectivity index (χ4v) is 4.48. The van der Waals surface area contributed by atoms with Crippen molar-refractivity contribution in [1.82, 2.24) is 15.0 Å². The molecule has 0 aliphatic carbocycles. The highest BCUT2D eigenvalue weighted by molar-refractivity contribution is 5.96. The molecule has 0 radical (unpaired) electrons. The molecule has 0 atom stereocenters. The highest BCUT2D eigenvalue weighted by Crippen LogP contribution is 2.39. The maximum absolute atomic E-state index is 12.8. The minimum absolute atomic E-state index is 0.195. The summed E-state index contributed by atoms with van der Waals surface area (Å²) in [6, 6.07) is 19.2. The van der Waals surface area contributed by atoms with E-state index in [0.29, 0.717) is 23.9 Å². The Morgan fingerprint density at radius 1 is 0.881 bits per heavy atom. The molecule has 0 saturated heterocycles. The largest absolute Gasteiger partial charge is 0.494 e. The molecule has 2 N–H and O–H groups in total.